The summed E-state index contributed by atoms with van der Waals surface area (Å²) in [5.41, 5.74) is 15.3. The number of likely N-dealkylation sites (N-methyl/N-ethyl adjacent to an activating group) is 3. The zero-order chi connectivity index (χ0) is 93.0. The van der Waals surface area contributed by atoms with Crippen LogP contribution in [0, 0.1) is 11.8 Å². The van der Waals surface area contributed by atoms with E-state index in [1.54, 1.807) is 149 Å². The molecule has 16 N–H and O–H groups in total. The lowest BCUT2D eigenvalue weighted by Gasteiger charge is -2.38. The number of benzene rings is 5. The van der Waals surface area contributed by atoms with Crippen LogP contribution in [-0.4, -0.2) is 272 Å². The highest BCUT2D eigenvalue weighted by molar-refractivity contribution is 8.00. The molecule has 0 bridgehead atoms. The van der Waals surface area contributed by atoms with Crippen molar-refractivity contribution in [2.75, 3.05) is 58.8 Å². The standard InChI is InChI=1S/C92H121N17O18S/c1-9-10-32-73-91(126)109-42-23-34-72(109)85(120)98-64(39-40-78(113)114)81(116)104-79(55(4)5)92(127)106(7)74(46-57-26-16-12-17-27-57)87(122)102-69(49-93)89(124)108-41-22-33-71(108)86(121)101-67(48-60-50-95-63-31-21-20-30-62(60)63)84(119)100-66(44-59-35-37-61(110)38-36-59)83(118)99-65(43-54(2)3)82(117)103-70(80(115)96-51-76(94)111)52-128-53-77(112)97-68(45-56-24-14-11-15-25-56)88(123)107(8)75(90(125)105(73)6)47-58-28-18-13-19-29-58/h11-21,24-31,35-38,50,54-55,64-75,79,95,110H,9-10,22-23,32-34,39-49,51-53,93H2,1-8H3,(H2,94,111)(H,96,115)(H,97,112)(H,98,120)(H,99,118)(H,100,119)(H,101,121)(H,102,122)(H,103,117)(H,104,116)(H,113,114)/t64-,65-,66-,67-,68-,69-,70-,71+,72+,73-,74-,75-,79-/m0/s1. The van der Waals surface area contributed by atoms with E-state index in [4.69, 9.17) is 11.5 Å². The van der Waals surface area contributed by atoms with Crippen molar-refractivity contribution in [3.8, 4) is 5.75 Å². The second kappa shape index (κ2) is 47.7. The molecule has 9 rings (SSSR count). The minimum absolute atomic E-state index is 0.0130. The quantitative estimate of drug-likeness (QED) is 0.0435. The molecule has 6 aromatic rings. The Kier molecular flexibility index (Phi) is 36.9. The van der Waals surface area contributed by atoms with Gasteiger partial charge in [0.15, 0.2) is 0 Å². The van der Waals surface area contributed by atoms with Gasteiger partial charge < -0.3 is 99.0 Å². The summed E-state index contributed by atoms with van der Waals surface area (Å²) in [7, 11) is 4.14. The van der Waals surface area contributed by atoms with Gasteiger partial charge in [-0.05, 0) is 103 Å². The fourth-order valence-corrected chi connectivity index (χ4v) is 17.1. The number of aliphatic carboxylic acids is 1. The third kappa shape index (κ3) is 27.6. The Hall–Kier alpha value is -12.7. The maximum Gasteiger partial charge on any atom is 0.303 e. The fourth-order valence-electron chi connectivity index (χ4n) is 16.2. The average molecular weight is 1790 g/mol. The maximum atomic E-state index is 15.7. The van der Waals surface area contributed by atoms with Crippen molar-refractivity contribution in [2.24, 2.45) is 23.3 Å². The van der Waals surface area contributed by atoms with Gasteiger partial charge in [0, 0.05) is 102 Å². The minimum atomic E-state index is -1.64. The summed E-state index contributed by atoms with van der Waals surface area (Å²) in [6.45, 7) is 7.40. The number of carboxylic acid groups (broad SMARTS) is 1. The molecule has 688 valence electrons. The number of para-hydroxylation sites is 1. The number of phenols is 1. The fraction of sp³-hybridized carbons (Fsp3) is 0.478. The maximum absolute atomic E-state index is 15.7. The summed E-state index contributed by atoms with van der Waals surface area (Å²) in [5, 5.41) is 45.6. The molecular formula is C92H121N17O18S. The number of primary amides is 1. The number of carboxylic acids is 1. The van der Waals surface area contributed by atoms with Gasteiger partial charge >= 0.3 is 5.97 Å². The van der Waals surface area contributed by atoms with Crippen molar-refractivity contribution in [1.82, 2.24) is 77.3 Å². The molecule has 3 saturated heterocycles. The van der Waals surface area contributed by atoms with Crippen LogP contribution in [0.2, 0.25) is 0 Å². The smallest absolute Gasteiger partial charge is 0.303 e. The molecule has 0 spiro atoms. The predicted octanol–water partition coefficient (Wildman–Crippen LogP) is 1.79. The Balaban J connectivity index is 1.11. The van der Waals surface area contributed by atoms with Gasteiger partial charge in [-0.3, -0.25) is 76.7 Å². The molecule has 0 unspecified atom stereocenters. The second-order valence-electron chi connectivity index (χ2n) is 33.6. The number of rotatable bonds is 23. The van der Waals surface area contributed by atoms with E-state index in [9.17, 15) is 43.8 Å². The number of amides is 15. The Morgan fingerprint density at radius 1 is 0.500 bits per heavy atom. The largest absolute Gasteiger partial charge is 0.508 e. The lowest BCUT2D eigenvalue weighted by molar-refractivity contribution is -0.152. The average Bonchev–Trinajstić information content (AvgIpc) is 1.60. The van der Waals surface area contributed by atoms with Crippen LogP contribution in [0.3, 0.4) is 0 Å². The first-order chi connectivity index (χ1) is 61.1. The Morgan fingerprint density at radius 2 is 0.992 bits per heavy atom. The minimum Gasteiger partial charge on any atom is -0.508 e. The van der Waals surface area contributed by atoms with E-state index in [2.05, 4.69) is 52.8 Å². The van der Waals surface area contributed by atoms with E-state index in [0.29, 0.717) is 51.6 Å². The van der Waals surface area contributed by atoms with E-state index < -0.39 is 211 Å². The summed E-state index contributed by atoms with van der Waals surface area (Å²) in [5.74, 6) is -16.0. The van der Waals surface area contributed by atoms with Crippen LogP contribution in [-0.2, 0) is 109 Å². The monoisotopic (exact) mass is 1780 g/mol. The summed E-state index contributed by atoms with van der Waals surface area (Å²) in [4.78, 5) is 246. The van der Waals surface area contributed by atoms with Crippen LogP contribution in [0.4, 0.5) is 0 Å². The number of H-pyrrole nitrogens is 1. The van der Waals surface area contributed by atoms with Gasteiger partial charge in [0.05, 0.1) is 12.3 Å². The first-order valence-electron chi connectivity index (χ1n) is 43.5. The number of carbonyl (C=O) groups is 16. The third-order valence-electron chi connectivity index (χ3n) is 23.3. The summed E-state index contributed by atoms with van der Waals surface area (Å²) >= 11 is 0.846. The number of hydrogen-bond donors (Lipinski definition) is 14. The molecular weight excluding hydrogens is 1660 g/mol. The molecule has 3 fully saturated rings. The van der Waals surface area contributed by atoms with Crippen LogP contribution in [0.15, 0.2) is 146 Å². The van der Waals surface area contributed by atoms with Gasteiger partial charge in [0.25, 0.3) is 0 Å². The molecule has 36 heteroatoms. The number of aromatic nitrogens is 1. The number of unbranched alkanes of at least 4 members (excludes halogenated alkanes) is 1. The van der Waals surface area contributed by atoms with Crippen molar-refractivity contribution in [2.45, 2.75) is 209 Å². The number of aromatic amines is 1. The number of carbonyl (C=O) groups excluding carboxylic acids is 15. The number of aromatic hydroxyl groups is 1. The van der Waals surface area contributed by atoms with Gasteiger partial charge in [0.2, 0.25) is 88.6 Å². The number of nitrogens with one attached hydrogen (secondary N) is 10. The summed E-state index contributed by atoms with van der Waals surface area (Å²) in [6.07, 6.45) is 1.24. The molecule has 0 saturated carbocycles. The van der Waals surface area contributed by atoms with E-state index in [-0.39, 0.29) is 101 Å². The molecule has 0 aliphatic carbocycles. The molecule has 15 amide bonds. The lowest BCUT2D eigenvalue weighted by Crippen LogP contribution is -2.62. The molecule has 3 aliphatic rings. The number of thioether (sulfide) groups is 1. The van der Waals surface area contributed by atoms with Crippen molar-refractivity contribution in [3.05, 3.63) is 174 Å². The van der Waals surface area contributed by atoms with Gasteiger partial charge in [-0.25, -0.2) is 0 Å². The van der Waals surface area contributed by atoms with Crippen LogP contribution >= 0.6 is 11.8 Å². The van der Waals surface area contributed by atoms with Gasteiger partial charge in [-0.15, -0.1) is 11.8 Å². The van der Waals surface area contributed by atoms with E-state index in [0.717, 1.165) is 16.7 Å². The molecule has 5 aromatic carbocycles. The Bertz CT molecular complexity index is 4890. The molecule has 13 atom stereocenters. The Labute approximate surface area is 748 Å². The molecule has 35 nitrogen and oxygen atoms in total. The summed E-state index contributed by atoms with van der Waals surface area (Å²) < 4.78 is 0. The second-order valence-corrected chi connectivity index (χ2v) is 34.7. The topological polar surface area (TPSA) is 506 Å². The first kappa shape index (κ1) is 99.1. The molecule has 1 aromatic heterocycles. The summed E-state index contributed by atoms with van der Waals surface area (Å²) in [6, 6.07) is 20.1. The van der Waals surface area contributed by atoms with Gasteiger partial charge in [0.1, 0.15) is 84.3 Å². The van der Waals surface area contributed by atoms with Crippen LogP contribution in [0.25, 0.3) is 10.9 Å². The van der Waals surface area contributed by atoms with Crippen molar-refractivity contribution in [1.29, 1.82) is 0 Å². The normalized spacial score (nSPS) is 24.0. The predicted molar refractivity (Wildman–Crippen MR) is 478 cm³/mol. The number of phenolic OH excluding ortho intramolecular Hbond substituents is 1. The lowest BCUT2D eigenvalue weighted by atomic mass is 9.98. The van der Waals surface area contributed by atoms with Crippen LogP contribution in [0.1, 0.15) is 127 Å². The zero-order valence-corrected chi connectivity index (χ0v) is 74.4. The molecule has 0 radical (unpaired) electrons. The number of fused-ring (bicyclic) bond motifs is 3. The van der Waals surface area contributed by atoms with Crippen molar-refractivity contribution in [3.63, 3.8) is 0 Å². The van der Waals surface area contributed by atoms with Crippen molar-refractivity contribution >= 4 is 117 Å². The van der Waals surface area contributed by atoms with E-state index in [1.165, 1.54) is 65.0 Å². The Morgan fingerprint density at radius 3 is 1.56 bits per heavy atom. The van der Waals surface area contributed by atoms with Crippen LogP contribution < -0.4 is 59.3 Å². The van der Waals surface area contributed by atoms with Crippen molar-refractivity contribution < 1.29 is 86.9 Å². The van der Waals surface area contributed by atoms with Gasteiger partial charge in [-0.1, -0.05) is 169 Å². The number of nitrogens with zero attached hydrogens (tertiary/aromatic N) is 5. The molecule has 4 heterocycles. The zero-order valence-electron chi connectivity index (χ0n) is 73.6. The highest BCUT2D eigenvalue weighted by Gasteiger charge is 2.46. The first-order valence-corrected chi connectivity index (χ1v) is 44.6. The SMILES string of the molecule is CCCC[C@H]1C(=O)N2CCC[C@@H]2C(=O)N[C@@H](CCC(=O)O)C(=O)N[C@@H](C(C)C)C(=O)N(C)[C@@H](Cc2ccccc2)C(=O)N[C@@H](CN)C(=O)N2CCC[C@@H]2C(=O)N[C@@H](Cc2c[nH]c3ccccc23)C(=O)N[C@@H](Cc2ccc(O)cc2)C(=O)N[C@@H](CC(C)C)C(=O)N[C@H](C(=O)NCC(N)=O)CSCC(=O)N[C@@H](Cc2ccccc2)C(=O)N(C)[C@@H](Cc2ccccc2)C(=O)N1C. The molecule has 3 aliphatic heterocycles. The number of nitrogens with two attached hydrogens (primary N) is 2. The van der Waals surface area contributed by atoms with Gasteiger partial charge in [-0.2, -0.15) is 0 Å². The third-order valence-corrected chi connectivity index (χ3v) is 24.4. The van der Waals surface area contributed by atoms with Crippen LogP contribution in [0.5, 0.6) is 5.75 Å². The highest BCUT2D eigenvalue weighted by atomic mass is 32.2. The van der Waals surface area contributed by atoms with E-state index in [1.807, 2.05) is 6.92 Å². The molecule has 128 heavy (non-hydrogen) atoms. The number of hydrogen-bond acceptors (Lipinski definition) is 19. The van der Waals surface area contributed by atoms with E-state index >= 15 is 43.2 Å². The highest BCUT2D eigenvalue weighted by Crippen LogP contribution is 2.28.